The number of rotatable bonds is 2. The molecular weight excluding hydrogens is 332 g/mol. The highest BCUT2D eigenvalue weighted by molar-refractivity contribution is 8.18. The number of thioether (sulfide) groups is 1. The largest absolute Gasteiger partial charge is 0.466 e. The van der Waals surface area contributed by atoms with E-state index in [-0.39, 0.29) is 5.91 Å². The van der Waals surface area contributed by atoms with Gasteiger partial charge in [-0.2, -0.15) is 0 Å². The zero-order valence-corrected chi connectivity index (χ0v) is 14.5. The fraction of sp³-hybridized carbons (Fsp3) is 0.176. The number of nitrogens with zero attached hydrogens (tertiary/aromatic N) is 1. The van der Waals surface area contributed by atoms with Gasteiger partial charge in [-0.3, -0.25) is 4.79 Å². The lowest BCUT2D eigenvalue weighted by atomic mass is 10.2. The summed E-state index contributed by atoms with van der Waals surface area (Å²) in [7, 11) is 0. The molecular formula is C17H15ClN2O2S. The minimum atomic E-state index is -0.160. The minimum Gasteiger partial charge on any atom is -0.466 e. The van der Waals surface area contributed by atoms with Crippen LogP contribution in [-0.4, -0.2) is 11.1 Å². The van der Waals surface area contributed by atoms with Gasteiger partial charge in [0.25, 0.3) is 5.91 Å². The van der Waals surface area contributed by atoms with Crippen molar-refractivity contribution < 1.29 is 9.21 Å². The number of hydrogen-bond acceptors (Lipinski definition) is 4. The number of aliphatic imine (C=N–C) groups is 1. The molecule has 1 N–H and O–H groups in total. The summed E-state index contributed by atoms with van der Waals surface area (Å²) in [6, 6.07) is 7.40. The smallest absolute Gasteiger partial charge is 0.264 e. The lowest BCUT2D eigenvalue weighted by Gasteiger charge is -2.01. The van der Waals surface area contributed by atoms with Crippen molar-refractivity contribution in [1.82, 2.24) is 5.32 Å². The van der Waals surface area contributed by atoms with Crippen molar-refractivity contribution >= 4 is 46.2 Å². The van der Waals surface area contributed by atoms with Gasteiger partial charge in [0.1, 0.15) is 11.5 Å². The molecule has 1 saturated heterocycles. The van der Waals surface area contributed by atoms with Crippen LogP contribution in [0.2, 0.25) is 5.02 Å². The van der Waals surface area contributed by atoms with E-state index in [1.807, 2.05) is 45.0 Å². The zero-order valence-electron chi connectivity index (χ0n) is 12.9. The molecule has 0 bridgehead atoms. The van der Waals surface area contributed by atoms with Crippen LogP contribution in [0.15, 0.2) is 38.6 Å². The monoisotopic (exact) mass is 346 g/mol. The molecule has 0 saturated carbocycles. The number of amidine groups is 1. The lowest BCUT2D eigenvalue weighted by Crippen LogP contribution is -2.19. The van der Waals surface area contributed by atoms with Gasteiger partial charge in [0, 0.05) is 10.6 Å². The van der Waals surface area contributed by atoms with Gasteiger partial charge in [0.2, 0.25) is 0 Å². The van der Waals surface area contributed by atoms with Gasteiger partial charge in [-0.1, -0.05) is 17.7 Å². The molecule has 0 radical (unpaired) electrons. The highest BCUT2D eigenvalue weighted by atomic mass is 35.5. The highest BCUT2D eigenvalue weighted by Crippen LogP contribution is 2.31. The zero-order chi connectivity index (χ0) is 16.6. The molecule has 0 atom stereocenters. The molecule has 0 spiro atoms. The molecule has 1 amide bonds. The van der Waals surface area contributed by atoms with Crippen LogP contribution in [0.1, 0.15) is 22.6 Å². The van der Waals surface area contributed by atoms with Crippen LogP contribution in [0.3, 0.4) is 0 Å². The van der Waals surface area contributed by atoms with E-state index in [1.165, 1.54) is 11.8 Å². The lowest BCUT2D eigenvalue weighted by molar-refractivity contribution is -0.115. The van der Waals surface area contributed by atoms with Crippen molar-refractivity contribution in [2.24, 2.45) is 4.99 Å². The SMILES string of the molecule is Cc1cc(/C=C2\SC(=Nc3cc(Cl)ccc3C)NC2=O)c(C)o1. The van der Waals surface area contributed by atoms with Crippen LogP contribution in [0.5, 0.6) is 0 Å². The summed E-state index contributed by atoms with van der Waals surface area (Å²) in [4.78, 5) is 17.2. The van der Waals surface area contributed by atoms with Crippen LogP contribution < -0.4 is 5.32 Å². The maximum atomic E-state index is 12.1. The molecule has 0 aliphatic carbocycles. The first kappa shape index (κ1) is 15.9. The van der Waals surface area contributed by atoms with Crippen molar-refractivity contribution in [3.63, 3.8) is 0 Å². The Morgan fingerprint density at radius 1 is 1.26 bits per heavy atom. The van der Waals surface area contributed by atoms with Crippen molar-refractivity contribution in [2.75, 3.05) is 0 Å². The third kappa shape index (κ3) is 3.51. The Morgan fingerprint density at radius 3 is 2.74 bits per heavy atom. The maximum Gasteiger partial charge on any atom is 0.264 e. The van der Waals surface area contributed by atoms with Gasteiger partial charge in [0.05, 0.1) is 10.6 Å². The third-order valence-electron chi connectivity index (χ3n) is 3.41. The topological polar surface area (TPSA) is 54.6 Å². The Balaban J connectivity index is 1.89. The van der Waals surface area contributed by atoms with Crippen molar-refractivity contribution in [1.29, 1.82) is 0 Å². The first-order valence-corrected chi connectivity index (χ1v) is 8.24. The Hall–Kier alpha value is -1.98. The molecule has 1 aromatic heterocycles. The van der Waals surface area contributed by atoms with Gasteiger partial charge in [-0.05, 0) is 62.4 Å². The molecule has 1 aliphatic rings. The number of benzene rings is 1. The Bertz CT molecular complexity index is 852. The van der Waals surface area contributed by atoms with E-state index in [0.717, 1.165) is 28.3 Å². The standard InChI is InChI=1S/C17H15ClN2O2S/c1-9-4-5-13(18)8-14(9)19-17-20-16(21)15(23-17)7-12-6-10(2)22-11(12)3/h4-8H,1-3H3,(H,19,20,21)/b15-7-. The average molecular weight is 347 g/mol. The van der Waals surface area contributed by atoms with Crippen molar-refractivity contribution in [2.45, 2.75) is 20.8 Å². The van der Waals surface area contributed by atoms with E-state index in [9.17, 15) is 4.79 Å². The summed E-state index contributed by atoms with van der Waals surface area (Å²) in [5, 5.41) is 3.94. The average Bonchev–Trinajstić information content (AvgIpc) is 2.97. The molecule has 23 heavy (non-hydrogen) atoms. The molecule has 2 heterocycles. The van der Waals surface area contributed by atoms with Gasteiger partial charge in [-0.15, -0.1) is 0 Å². The minimum absolute atomic E-state index is 0.160. The number of halogens is 1. The van der Waals surface area contributed by atoms with Crippen LogP contribution in [0, 0.1) is 20.8 Å². The van der Waals surface area contributed by atoms with E-state index in [4.69, 9.17) is 16.0 Å². The molecule has 3 rings (SSSR count). The number of nitrogens with one attached hydrogen (secondary N) is 1. The molecule has 1 aliphatic heterocycles. The number of hydrogen-bond donors (Lipinski definition) is 1. The van der Waals surface area contributed by atoms with E-state index >= 15 is 0 Å². The molecule has 1 aromatic carbocycles. The van der Waals surface area contributed by atoms with Crippen LogP contribution in [-0.2, 0) is 4.79 Å². The fourth-order valence-electron chi connectivity index (χ4n) is 2.23. The van der Waals surface area contributed by atoms with E-state index < -0.39 is 0 Å². The molecule has 0 unspecified atom stereocenters. The molecule has 6 heteroatoms. The summed E-state index contributed by atoms with van der Waals surface area (Å²) in [6.45, 7) is 5.71. The Kier molecular flexibility index (Phi) is 4.33. The Labute approximate surface area is 143 Å². The first-order chi connectivity index (χ1) is 10.9. The normalized spacial score (nSPS) is 18.0. The molecule has 2 aromatic rings. The molecule has 4 nitrogen and oxygen atoms in total. The second-order valence-corrected chi connectivity index (χ2v) is 6.75. The van der Waals surface area contributed by atoms with Gasteiger partial charge in [-0.25, -0.2) is 4.99 Å². The predicted octanol–water partition coefficient (Wildman–Crippen LogP) is 4.75. The van der Waals surface area contributed by atoms with Gasteiger partial charge >= 0.3 is 0 Å². The van der Waals surface area contributed by atoms with Crippen molar-refractivity contribution in [3.05, 3.63) is 56.8 Å². The third-order valence-corrected chi connectivity index (χ3v) is 4.55. The highest BCUT2D eigenvalue weighted by Gasteiger charge is 2.24. The quantitative estimate of drug-likeness (QED) is 0.798. The number of furan rings is 1. The number of carbonyl (C=O) groups is 1. The van der Waals surface area contributed by atoms with Crippen LogP contribution in [0.25, 0.3) is 6.08 Å². The van der Waals surface area contributed by atoms with E-state index in [2.05, 4.69) is 10.3 Å². The number of carbonyl (C=O) groups excluding carboxylic acids is 1. The van der Waals surface area contributed by atoms with Gasteiger partial charge in [0.15, 0.2) is 5.17 Å². The number of aryl methyl sites for hydroxylation is 3. The molecule has 1 fully saturated rings. The fourth-order valence-corrected chi connectivity index (χ4v) is 3.22. The van der Waals surface area contributed by atoms with Crippen LogP contribution in [0.4, 0.5) is 5.69 Å². The predicted molar refractivity (Wildman–Crippen MR) is 95.2 cm³/mol. The van der Waals surface area contributed by atoms with E-state index in [1.54, 1.807) is 6.07 Å². The summed E-state index contributed by atoms with van der Waals surface area (Å²) < 4.78 is 5.48. The van der Waals surface area contributed by atoms with E-state index in [0.29, 0.717) is 15.1 Å². The first-order valence-electron chi connectivity index (χ1n) is 7.05. The summed E-state index contributed by atoms with van der Waals surface area (Å²) in [5.74, 6) is 1.45. The second-order valence-electron chi connectivity index (χ2n) is 5.28. The second kappa shape index (κ2) is 6.26. The van der Waals surface area contributed by atoms with Gasteiger partial charge < -0.3 is 9.73 Å². The number of amides is 1. The van der Waals surface area contributed by atoms with Crippen LogP contribution >= 0.6 is 23.4 Å². The summed E-state index contributed by atoms with van der Waals surface area (Å²) >= 11 is 7.31. The van der Waals surface area contributed by atoms with Crippen molar-refractivity contribution in [3.8, 4) is 0 Å². The maximum absolute atomic E-state index is 12.1. The summed E-state index contributed by atoms with van der Waals surface area (Å²) in [5.41, 5.74) is 2.65. The Morgan fingerprint density at radius 2 is 2.04 bits per heavy atom. The molecule has 118 valence electrons. The summed E-state index contributed by atoms with van der Waals surface area (Å²) in [6.07, 6.45) is 1.82.